The Labute approximate surface area is 437 Å². The van der Waals surface area contributed by atoms with Crippen LogP contribution < -0.4 is 37.2 Å². The SMILES string of the molecule is Cc1ncsc1-c1ccc(CNC(=O)[C@@H]2C[C@@H](O)CN2C(=O)[C@@H](NC(=O)C2CCN(c3ccc(CO[C@H](C)[C@H](CCC(N)=O)NC(=O)[C@@H]4Cc5cccc6c5N4C(=O)[C@@H](N)CC6)cc3)CC2)C(C)(C)C)cc1.Cl. The number of β-amino-alcohol motifs (C(OH)–C–C–N with tert-alkyl or cyclic N) is 1. The summed E-state index contributed by atoms with van der Waals surface area (Å²) in [6.45, 7) is 11.2. The minimum atomic E-state index is -0.920. The number of likely N-dealkylation sites (tertiary alicyclic amines) is 1. The first-order valence-electron chi connectivity index (χ1n) is 25.2. The molecule has 0 bridgehead atoms. The molecular formula is C54H70ClN9O8S. The first-order chi connectivity index (χ1) is 34.4. The van der Waals surface area contributed by atoms with E-state index in [2.05, 4.69) is 25.8 Å². The number of nitrogens with zero attached hydrogens (tertiary/aromatic N) is 4. The Morgan fingerprint density at radius 1 is 0.904 bits per heavy atom. The number of rotatable bonds is 17. The number of hydrogen-bond donors (Lipinski definition) is 6. The summed E-state index contributed by atoms with van der Waals surface area (Å²) < 4.78 is 6.30. The number of aliphatic hydroxyl groups excluding tert-OH is 1. The van der Waals surface area contributed by atoms with Crippen molar-refractivity contribution in [3.63, 3.8) is 0 Å². The summed E-state index contributed by atoms with van der Waals surface area (Å²) in [5, 5.41) is 19.8. The van der Waals surface area contributed by atoms with Crippen LogP contribution in [0.25, 0.3) is 10.4 Å². The molecule has 19 heteroatoms. The highest BCUT2D eigenvalue weighted by atomic mass is 35.5. The van der Waals surface area contributed by atoms with E-state index in [1.807, 2.05) is 107 Å². The number of primary amides is 1. The van der Waals surface area contributed by atoms with Crippen molar-refractivity contribution in [1.82, 2.24) is 25.8 Å². The van der Waals surface area contributed by atoms with Gasteiger partial charge in [-0.3, -0.25) is 33.7 Å². The van der Waals surface area contributed by atoms with Crippen molar-refractivity contribution in [1.29, 1.82) is 0 Å². The second-order valence-corrected chi connectivity index (χ2v) is 21.8. The van der Waals surface area contributed by atoms with Gasteiger partial charge in [-0.25, -0.2) is 4.98 Å². The van der Waals surface area contributed by atoms with Crippen molar-refractivity contribution in [2.24, 2.45) is 22.8 Å². The monoisotopic (exact) mass is 1040 g/mol. The summed E-state index contributed by atoms with van der Waals surface area (Å²) in [6, 6.07) is 17.9. The van der Waals surface area contributed by atoms with Gasteiger partial charge in [0.15, 0.2) is 0 Å². The van der Waals surface area contributed by atoms with Gasteiger partial charge < -0.3 is 47.1 Å². The molecule has 8 rings (SSSR count). The van der Waals surface area contributed by atoms with E-state index in [4.69, 9.17) is 16.2 Å². The van der Waals surface area contributed by atoms with Crippen LogP contribution in [0.4, 0.5) is 11.4 Å². The van der Waals surface area contributed by atoms with E-state index in [0.717, 1.165) is 49.8 Å². The van der Waals surface area contributed by atoms with Crippen molar-refractivity contribution in [3.8, 4) is 10.4 Å². The number of thiazole rings is 1. The second-order valence-electron chi connectivity index (χ2n) is 20.9. The number of aromatic nitrogens is 1. The molecule has 0 radical (unpaired) electrons. The summed E-state index contributed by atoms with van der Waals surface area (Å²) >= 11 is 1.57. The van der Waals surface area contributed by atoms with Crippen LogP contribution in [0.5, 0.6) is 0 Å². The van der Waals surface area contributed by atoms with Crippen molar-refractivity contribution in [3.05, 3.63) is 100 Å². The summed E-state index contributed by atoms with van der Waals surface area (Å²) in [7, 11) is 0. The lowest BCUT2D eigenvalue weighted by atomic mass is 9.84. The molecule has 73 heavy (non-hydrogen) atoms. The van der Waals surface area contributed by atoms with Gasteiger partial charge in [-0.2, -0.15) is 0 Å². The Hall–Kier alpha value is -5.92. The molecule has 2 saturated heterocycles. The number of aryl methyl sites for hydroxylation is 2. The van der Waals surface area contributed by atoms with Gasteiger partial charge in [0.2, 0.25) is 35.4 Å². The van der Waals surface area contributed by atoms with E-state index in [0.29, 0.717) is 45.2 Å². The predicted octanol–water partition coefficient (Wildman–Crippen LogP) is 4.45. The third kappa shape index (κ3) is 12.7. The quantitative estimate of drug-likeness (QED) is 0.0863. The van der Waals surface area contributed by atoms with Crippen LogP contribution in [0.2, 0.25) is 0 Å². The van der Waals surface area contributed by atoms with E-state index in [-0.39, 0.29) is 80.9 Å². The van der Waals surface area contributed by atoms with Gasteiger partial charge in [-0.05, 0) is 91.3 Å². The highest BCUT2D eigenvalue weighted by Gasteiger charge is 2.46. The van der Waals surface area contributed by atoms with Crippen LogP contribution in [0.3, 0.4) is 0 Å². The molecule has 1 aromatic heterocycles. The fraction of sp³-hybridized carbons (Fsp3) is 0.500. The van der Waals surface area contributed by atoms with E-state index < -0.39 is 59.6 Å². The van der Waals surface area contributed by atoms with Crippen molar-refractivity contribution in [2.75, 3.05) is 29.4 Å². The normalized spacial score (nSPS) is 21.1. The second kappa shape index (κ2) is 23.5. The minimum Gasteiger partial charge on any atom is -0.391 e. The number of nitrogens with two attached hydrogens (primary N) is 2. The fourth-order valence-corrected chi connectivity index (χ4v) is 11.3. The number of piperidine rings is 1. The van der Waals surface area contributed by atoms with Crippen LogP contribution in [0.15, 0.2) is 72.2 Å². The van der Waals surface area contributed by atoms with Crippen LogP contribution in [0.1, 0.15) is 94.2 Å². The molecule has 3 aromatic carbocycles. The maximum absolute atomic E-state index is 14.3. The zero-order valence-electron chi connectivity index (χ0n) is 42.3. The third-order valence-corrected chi connectivity index (χ3v) is 15.7. The predicted molar refractivity (Wildman–Crippen MR) is 283 cm³/mol. The lowest BCUT2D eigenvalue weighted by Crippen LogP contribution is -2.58. The highest BCUT2D eigenvalue weighted by molar-refractivity contribution is 7.13. The molecule has 0 saturated carbocycles. The smallest absolute Gasteiger partial charge is 0.246 e. The number of ether oxygens (including phenoxy) is 1. The lowest BCUT2D eigenvalue weighted by Gasteiger charge is -2.37. The van der Waals surface area contributed by atoms with E-state index in [1.165, 1.54) is 4.90 Å². The van der Waals surface area contributed by atoms with Gasteiger partial charge in [-0.1, -0.05) is 75.4 Å². The summed E-state index contributed by atoms with van der Waals surface area (Å²) in [6.07, 6.45) is 1.69. The number of hydrogen-bond acceptors (Lipinski definition) is 12. The number of aliphatic hydroxyl groups is 1. The molecule has 17 nitrogen and oxygen atoms in total. The van der Waals surface area contributed by atoms with E-state index >= 15 is 0 Å². The maximum Gasteiger partial charge on any atom is 0.246 e. The summed E-state index contributed by atoms with van der Waals surface area (Å²) in [5.41, 5.74) is 20.4. The Morgan fingerprint density at radius 2 is 1.59 bits per heavy atom. The van der Waals surface area contributed by atoms with Crippen LogP contribution in [-0.2, 0) is 59.5 Å². The van der Waals surface area contributed by atoms with Gasteiger partial charge in [0.05, 0.1) is 52.7 Å². The number of nitrogens with one attached hydrogen (secondary N) is 3. The maximum atomic E-state index is 14.3. The number of anilines is 2. The Morgan fingerprint density at radius 3 is 2.25 bits per heavy atom. The van der Waals surface area contributed by atoms with E-state index in [1.54, 1.807) is 16.2 Å². The van der Waals surface area contributed by atoms with Crippen molar-refractivity contribution < 1.29 is 38.6 Å². The number of halogens is 1. The number of carbonyl (C=O) groups is 6. The zero-order valence-corrected chi connectivity index (χ0v) is 43.9. The van der Waals surface area contributed by atoms with Crippen LogP contribution >= 0.6 is 23.7 Å². The number of para-hydroxylation sites is 1. The molecule has 0 spiro atoms. The van der Waals surface area contributed by atoms with Crippen molar-refractivity contribution in [2.45, 2.75) is 142 Å². The third-order valence-electron chi connectivity index (χ3n) is 14.7. The Bertz CT molecular complexity index is 2630. The van der Waals surface area contributed by atoms with Gasteiger partial charge in [0.1, 0.15) is 18.1 Å². The first-order valence-corrected chi connectivity index (χ1v) is 26.0. The zero-order chi connectivity index (χ0) is 51.4. The minimum absolute atomic E-state index is 0. The Kier molecular flexibility index (Phi) is 17.7. The molecule has 4 aliphatic rings. The molecule has 392 valence electrons. The largest absolute Gasteiger partial charge is 0.391 e. The van der Waals surface area contributed by atoms with Gasteiger partial charge in [-0.15, -0.1) is 23.7 Å². The molecule has 0 unspecified atom stereocenters. The average molecular weight is 1040 g/mol. The molecule has 0 aliphatic carbocycles. The van der Waals surface area contributed by atoms with Crippen molar-refractivity contribution >= 4 is 70.6 Å². The average Bonchev–Trinajstić information content (AvgIpc) is 4.08. The van der Waals surface area contributed by atoms with Gasteiger partial charge in [0.25, 0.3) is 0 Å². The fourth-order valence-electron chi connectivity index (χ4n) is 10.5. The highest BCUT2D eigenvalue weighted by Crippen LogP contribution is 2.39. The molecule has 7 atom stereocenters. The molecular weight excluding hydrogens is 970 g/mol. The topological polar surface area (TPSA) is 243 Å². The van der Waals surface area contributed by atoms with Crippen LogP contribution in [0, 0.1) is 18.3 Å². The van der Waals surface area contributed by atoms with Gasteiger partial charge >= 0.3 is 0 Å². The number of amides is 6. The lowest BCUT2D eigenvalue weighted by molar-refractivity contribution is -0.144. The Balaban J connectivity index is 0.00000780. The molecule has 2 fully saturated rings. The molecule has 4 aliphatic heterocycles. The van der Waals surface area contributed by atoms with Gasteiger partial charge in [0, 0.05) is 57.0 Å². The standard InChI is InChI=1S/C54H69N9O8S.ClH/c1-31-47(72-30-58-31)36-13-9-33(10-14-36)27-57-50(67)43-26-40(64)28-62(43)53(70)48(54(3,4)5)60-49(66)37-21-23-61(24-22-37)39-16-11-34(12-17-39)29-71-32(2)42(19-20-45(56)65)59-51(68)44-25-38-8-6-7-35-15-18-41(55)52(69)63(44)46(35)38;/h6-14,16-17,30,32,37,40-44,48,64H,15,18-29,55H2,1-5H3,(H2,56,65)(H,57,67)(H,59,68)(H,60,66);1H/t32-,40-,41+,42+,43+,44+,48-;/m1./s1. The number of carbonyl (C=O) groups excluding carboxylic acids is 6. The molecule has 5 heterocycles. The summed E-state index contributed by atoms with van der Waals surface area (Å²) in [4.78, 5) is 91.7. The first kappa shape index (κ1) is 54.8. The molecule has 8 N–H and O–H groups in total. The molecule has 6 amide bonds. The summed E-state index contributed by atoms with van der Waals surface area (Å²) in [5.74, 6) is -2.40. The van der Waals surface area contributed by atoms with E-state index in [9.17, 15) is 33.9 Å². The van der Waals surface area contributed by atoms with Crippen LogP contribution in [-0.4, -0.2) is 112 Å². The molecule has 4 aromatic rings. The number of benzene rings is 3.